The topological polar surface area (TPSA) is 81.3 Å². The lowest BCUT2D eigenvalue weighted by Gasteiger charge is -2.47. The van der Waals surface area contributed by atoms with Crippen molar-refractivity contribution in [1.82, 2.24) is 15.1 Å². The molecule has 2 aliphatic rings. The highest BCUT2D eigenvalue weighted by atomic mass is 35.5. The smallest absolute Gasteiger partial charge is 0.274 e. The summed E-state index contributed by atoms with van der Waals surface area (Å²) in [5, 5.41) is 8.83. The Morgan fingerprint density at radius 1 is 1.18 bits per heavy atom. The highest BCUT2D eigenvalue weighted by Crippen LogP contribution is 2.47. The Hall–Kier alpha value is -2.70. The van der Waals surface area contributed by atoms with E-state index in [-0.39, 0.29) is 17.4 Å². The summed E-state index contributed by atoms with van der Waals surface area (Å²) in [4.78, 5) is 15.3. The SMILES string of the molecule is NCC1(C2C=CC=C(Cl)C2)CCC(N(CCOc2ccccc2)C(=O)c2cccnn2)CC1. The van der Waals surface area contributed by atoms with E-state index in [0.29, 0.717) is 31.3 Å². The van der Waals surface area contributed by atoms with Gasteiger partial charge >= 0.3 is 0 Å². The number of hydrogen-bond acceptors (Lipinski definition) is 5. The Labute approximate surface area is 200 Å². The van der Waals surface area contributed by atoms with E-state index in [4.69, 9.17) is 22.1 Å². The zero-order valence-corrected chi connectivity index (χ0v) is 19.5. The summed E-state index contributed by atoms with van der Waals surface area (Å²) in [6, 6.07) is 13.2. The van der Waals surface area contributed by atoms with Gasteiger partial charge in [0, 0.05) is 17.3 Å². The first-order valence-corrected chi connectivity index (χ1v) is 12.0. The summed E-state index contributed by atoms with van der Waals surface area (Å²) in [5.74, 6) is 1.03. The molecule has 1 aromatic heterocycles. The normalized spacial score (nSPS) is 24.7. The van der Waals surface area contributed by atoms with Crippen LogP contribution in [0.5, 0.6) is 5.75 Å². The van der Waals surface area contributed by atoms with Crippen molar-refractivity contribution < 1.29 is 9.53 Å². The molecule has 174 valence electrons. The molecule has 7 heteroatoms. The van der Waals surface area contributed by atoms with Gasteiger partial charge in [0.05, 0.1) is 6.54 Å². The molecule has 1 saturated carbocycles. The fourth-order valence-corrected chi connectivity index (χ4v) is 5.31. The van der Waals surface area contributed by atoms with E-state index in [2.05, 4.69) is 16.3 Å². The van der Waals surface area contributed by atoms with Gasteiger partial charge in [-0.15, -0.1) is 5.10 Å². The lowest BCUT2D eigenvalue weighted by Crippen LogP contribution is -2.49. The Balaban J connectivity index is 1.45. The van der Waals surface area contributed by atoms with Crippen LogP contribution < -0.4 is 10.5 Å². The van der Waals surface area contributed by atoms with Gasteiger partial charge in [-0.25, -0.2) is 0 Å². The molecule has 2 aromatic rings. The van der Waals surface area contributed by atoms with Crippen LogP contribution in [0.25, 0.3) is 0 Å². The molecule has 1 fully saturated rings. The number of nitrogens with two attached hydrogens (primary N) is 1. The number of rotatable bonds is 8. The molecule has 2 N–H and O–H groups in total. The molecular weight excluding hydrogens is 436 g/mol. The predicted molar refractivity (Wildman–Crippen MR) is 130 cm³/mol. The largest absolute Gasteiger partial charge is 0.492 e. The van der Waals surface area contributed by atoms with Crippen molar-refractivity contribution in [3.63, 3.8) is 0 Å². The van der Waals surface area contributed by atoms with E-state index in [1.54, 1.807) is 18.3 Å². The van der Waals surface area contributed by atoms with Crippen LogP contribution in [-0.4, -0.2) is 46.7 Å². The van der Waals surface area contributed by atoms with Crippen molar-refractivity contribution in [2.24, 2.45) is 17.1 Å². The molecule has 1 heterocycles. The van der Waals surface area contributed by atoms with Crippen LogP contribution in [0.15, 0.2) is 71.9 Å². The number of carbonyl (C=O) groups excluding carboxylic acids is 1. The molecule has 1 unspecified atom stereocenters. The van der Waals surface area contributed by atoms with Crippen LogP contribution in [0.4, 0.5) is 0 Å². The van der Waals surface area contributed by atoms with Crippen molar-refractivity contribution in [2.45, 2.75) is 38.1 Å². The minimum atomic E-state index is -0.103. The zero-order valence-electron chi connectivity index (χ0n) is 18.8. The number of amides is 1. The Morgan fingerprint density at radius 3 is 2.64 bits per heavy atom. The number of nitrogens with zero attached hydrogens (tertiary/aromatic N) is 3. The first kappa shape index (κ1) is 23.5. The third-order valence-electron chi connectivity index (χ3n) is 7.02. The van der Waals surface area contributed by atoms with E-state index < -0.39 is 0 Å². The Bertz CT molecular complexity index is 972. The molecule has 1 amide bonds. The second-order valence-electron chi connectivity index (χ2n) is 8.88. The maximum absolute atomic E-state index is 13.4. The summed E-state index contributed by atoms with van der Waals surface area (Å²) in [6.45, 7) is 1.52. The molecule has 0 saturated heterocycles. The van der Waals surface area contributed by atoms with Gasteiger partial charge in [-0.1, -0.05) is 42.0 Å². The van der Waals surface area contributed by atoms with Crippen molar-refractivity contribution in [1.29, 1.82) is 0 Å². The number of para-hydroxylation sites is 1. The first-order chi connectivity index (χ1) is 16.1. The van der Waals surface area contributed by atoms with Crippen LogP contribution in [0.1, 0.15) is 42.6 Å². The van der Waals surface area contributed by atoms with Gasteiger partial charge in [0.15, 0.2) is 5.69 Å². The van der Waals surface area contributed by atoms with Crippen molar-refractivity contribution in [2.75, 3.05) is 19.7 Å². The molecular formula is C26H31ClN4O2. The Kier molecular flexibility index (Phi) is 7.78. The summed E-state index contributed by atoms with van der Waals surface area (Å²) in [7, 11) is 0. The van der Waals surface area contributed by atoms with Gasteiger partial charge in [-0.2, -0.15) is 5.10 Å². The van der Waals surface area contributed by atoms with Crippen LogP contribution in [0.2, 0.25) is 0 Å². The van der Waals surface area contributed by atoms with E-state index in [1.165, 1.54) is 0 Å². The highest BCUT2D eigenvalue weighted by molar-refractivity contribution is 6.29. The van der Waals surface area contributed by atoms with Crippen LogP contribution in [-0.2, 0) is 0 Å². The molecule has 2 aliphatic carbocycles. The van der Waals surface area contributed by atoms with E-state index in [0.717, 1.165) is 42.9 Å². The second-order valence-corrected chi connectivity index (χ2v) is 9.36. The summed E-state index contributed by atoms with van der Waals surface area (Å²) in [6.07, 6.45) is 12.4. The molecule has 1 atom stereocenters. The van der Waals surface area contributed by atoms with Gasteiger partial charge < -0.3 is 15.4 Å². The summed E-state index contributed by atoms with van der Waals surface area (Å²) >= 11 is 6.34. The monoisotopic (exact) mass is 466 g/mol. The molecule has 0 spiro atoms. The number of halogens is 1. The minimum absolute atomic E-state index is 0.0171. The van der Waals surface area contributed by atoms with Gasteiger partial charge in [-0.3, -0.25) is 4.79 Å². The minimum Gasteiger partial charge on any atom is -0.492 e. The number of hydrogen-bond donors (Lipinski definition) is 1. The average molecular weight is 467 g/mol. The average Bonchev–Trinajstić information content (AvgIpc) is 2.88. The number of aromatic nitrogens is 2. The van der Waals surface area contributed by atoms with Gasteiger partial charge in [0.1, 0.15) is 12.4 Å². The Morgan fingerprint density at radius 2 is 1.97 bits per heavy atom. The van der Waals surface area contributed by atoms with Crippen molar-refractivity contribution in [3.8, 4) is 5.75 Å². The van der Waals surface area contributed by atoms with Crippen LogP contribution in [0.3, 0.4) is 0 Å². The third kappa shape index (κ3) is 5.63. The summed E-state index contributed by atoms with van der Waals surface area (Å²) in [5.41, 5.74) is 6.69. The zero-order chi connectivity index (χ0) is 23.1. The van der Waals surface area contributed by atoms with Crippen molar-refractivity contribution in [3.05, 3.63) is 77.6 Å². The number of ether oxygens (including phenoxy) is 1. The molecule has 33 heavy (non-hydrogen) atoms. The molecule has 0 bridgehead atoms. The van der Waals surface area contributed by atoms with Gasteiger partial charge in [-0.05, 0) is 80.3 Å². The highest BCUT2D eigenvalue weighted by Gasteiger charge is 2.42. The fraction of sp³-hybridized carbons (Fsp3) is 0.423. The molecule has 6 nitrogen and oxygen atoms in total. The van der Waals surface area contributed by atoms with Crippen molar-refractivity contribution >= 4 is 17.5 Å². The maximum atomic E-state index is 13.4. The molecule has 0 aliphatic heterocycles. The standard InChI is InChI=1S/C26H31ClN4O2/c27-21-7-4-6-20(18-21)26(19-28)13-11-22(12-14-26)31(25(32)24-10-5-15-29-30-24)16-17-33-23-8-2-1-3-9-23/h1-10,15,20,22H,11-14,16-19,28H2. The second kappa shape index (κ2) is 10.9. The molecule has 0 radical (unpaired) electrons. The van der Waals surface area contributed by atoms with E-state index in [1.807, 2.05) is 47.4 Å². The molecule has 1 aromatic carbocycles. The fourth-order valence-electron chi connectivity index (χ4n) is 5.07. The lowest BCUT2D eigenvalue weighted by molar-refractivity contribution is 0.0409. The van der Waals surface area contributed by atoms with Crippen LogP contribution in [0, 0.1) is 11.3 Å². The summed E-state index contributed by atoms with van der Waals surface area (Å²) < 4.78 is 5.90. The van der Waals surface area contributed by atoms with Gasteiger partial charge in [0.2, 0.25) is 0 Å². The predicted octanol–water partition coefficient (Wildman–Crippen LogP) is 4.58. The molecule has 4 rings (SSSR count). The third-order valence-corrected chi connectivity index (χ3v) is 7.30. The van der Waals surface area contributed by atoms with Gasteiger partial charge in [0.25, 0.3) is 5.91 Å². The lowest BCUT2D eigenvalue weighted by atomic mass is 9.63. The van der Waals surface area contributed by atoms with E-state index >= 15 is 0 Å². The maximum Gasteiger partial charge on any atom is 0.274 e. The number of carbonyl (C=O) groups is 1. The first-order valence-electron chi connectivity index (χ1n) is 11.6. The van der Waals surface area contributed by atoms with E-state index in [9.17, 15) is 4.79 Å². The van der Waals surface area contributed by atoms with Crippen LogP contribution >= 0.6 is 11.6 Å². The number of allylic oxidation sites excluding steroid dienone is 4. The quantitative estimate of drug-likeness (QED) is 0.615. The number of benzene rings is 1.